The van der Waals surface area contributed by atoms with Crippen LogP contribution in [0.25, 0.3) is 0 Å². The van der Waals surface area contributed by atoms with E-state index in [1.54, 1.807) is 7.05 Å². The topological polar surface area (TPSA) is 75.2 Å². The van der Waals surface area contributed by atoms with Gasteiger partial charge in [-0.05, 0) is 18.9 Å². The maximum Gasteiger partial charge on any atom is 0.231 e. The van der Waals surface area contributed by atoms with Crippen LogP contribution in [-0.2, 0) is 11.3 Å². The highest BCUT2D eigenvalue weighted by Crippen LogP contribution is 2.37. The van der Waals surface area contributed by atoms with Crippen LogP contribution in [0.15, 0.2) is 23.2 Å². The molecule has 0 aliphatic carbocycles. The lowest BCUT2D eigenvalue weighted by Gasteiger charge is -2.40. The van der Waals surface area contributed by atoms with Crippen molar-refractivity contribution in [1.29, 1.82) is 0 Å². The molecule has 0 radical (unpaired) electrons. The van der Waals surface area contributed by atoms with Crippen molar-refractivity contribution in [1.82, 2.24) is 15.5 Å². The van der Waals surface area contributed by atoms with Gasteiger partial charge in [-0.25, -0.2) is 0 Å². The Morgan fingerprint density at radius 3 is 3.16 bits per heavy atom. The summed E-state index contributed by atoms with van der Waals surface area (Å²) in [7, 11) is 1.80. The molecule has 3 aliphatic rings. The van der Waals surface area contributed by atoms with Crippen LogP contribution in [-0.4, -0.2) is 50.2 Å². The first-order valence-electron chi connectivity index (χ1n) is 8.79. The molecule has 7 nitrogen and oxygen atoms in total. The molecule has 134 valence electrons. The molecule has 1 spiro atoms. The van der Waals surface area contributed by atoms with Gasteiger partial charge in [-0.1, -0.05) is 12.1 Å². The molecular formula is C18H24N4O3. The second kappa shape index (κ2) is 6.46. The van der Waals surface area contributed by atoms with Crippen molar-refractivity contribution in [3.8, 4) is 11.5 Å². The minimum absolute atomic E-state index is 0.0535. The van der Waals surface area contributed by atoms with Crippen molar-refractivity contribution < 1.29 is 14.3 Å². The van der Waals surface area contributed by atoms with E-state index in [4.69, 9.17) is 9.47 Å². The van der Waals surface area contributed by atoms with E-state index in [1.807, 2.05) is 18.2 Å². The molecule has 0 saturated carbocycles. The number of amides is 1. The number of likely N-dealkylation sites (tertiary alicyclic amines) is 1. The number of carbonyl (C=O) groups excluding carboxylic acids is 1. The lowest BCUT2D eigenvalue weighted by molar-refractivity contribution is -0.119. The Bertz CT molecular complexity index is 706. The molecule has 7 heteroatoms. The lowest BCUT2D eigenvalue weighted by Crippen LogP contribution is -2.51. The van der Waals surface area contributed by atoms with Gasteiger partial charge in [0.05, 0.1) is 0 Å². The first kappa shape index (κ1) is 16.1. The van der Waals surface area contributed by atoms with Crippen molar-refractivity contribution in [2.45, 2.75) is 25.8 Å². The van der Waals surface area contributed by atoms with Crippen LogP contribution >= 0.6 is 0 Å². The van der Waals surface area contributed by atoms with Crippen LogP contribution in [0.5, 0.6) is 11.5 Å². The number of para-hydroxylation sites is 1. The summed E-state index contributed by atoms with van der Waals surface area (Å²) in [5.41, 5.74) is 1.11. The molecule has 1 atom stereocenters. The van der Waals surface area contributed by atoms with Crippen LogP contribution in [0.4, 0.5) is 0 Å². The van der Waals surface area contributed by atoms with Crippen molar-refractivity contribution in [2.24, 2.45) is 10.4 Å². The Hall–Kier alpha value is -2.44. The predicted octanol–water partition coefficient (Wildman–Crippen LogP) is 1.09. The number of hydrogen-bond acceptors (Lipinski definition) is 4. The van der Waals surface area contributed by atoms with Gasteiger partial charge < -0.3 is 25.0 Å². The molecule has 1 unspecified atom stereocenters. The first-order valence-corrected chi connectivity index (χ1v) is 8.79. The molecular weight excluding hydrogens is 320 g/mol. The minimum atomic E-state index is 0.0535. The molecule has 2 N–H and O–H groups in total. The van der Waals surface area contributed by atoms with Crippen LogP contribution in [0, 0.1) is 5.41 Å². The lowest BCUT2D eigenvalue weighted by atomic mass is 9.79. The van der Waals surface area contributed by atoms with E-state index in [0.717, 1.165) is 55.5 Å². The summed E-state index contributed by atoms with van der Waals surface area (Å²) >= 11 is 0. The van der Waals surface area contributed by atoms with E-state index in [2.05, 4.69) is 20.5 Å². The highest BCUT2D eigenvalue weighted by molar-refractivity contribution is 5.81. The fourth-order valence-corrected chi connectivity index (χ4v) is 4.07. The van der Waals surface area contributed by atoms with Crippen molar-refractivity contribution in [3.05, 3.63) is 23.8 Å². The molecule has 4 rings (SSSR count). The number of hydrogen-bond donors (Lipinski definition) is 2. The number of ether oxygens (including phenoxy) is 2. The highest BCUT2D eigenvalue weighted by atomic mass is 16.7. The Labute approximate surface area is 147 Å². The van der Waals surface area contributed by atoms with Gasteiger partial charge in [-0.2, -0.15) is 0 Å². The van der Waals surface area contributed by atoms with Gasteiger partial charge in [-0.15, -0.1) is 0 Å². The summed E-state index contributed by atoms with van der Waals surface area (Å²) in [6.07, 6.45) is 2.79. The zero-order chi connectivity index (χ0) is 17.3. The third-order valence-electron chi connectivity index (χ3n) is 5.28. The van der Waals surface area contributed by atoms with E-state index >= 15 is 0 Å². The molecule has 1 amide bonds. The minimum Gasteiger partial charge on any atom is -0.454 e. The average molecular weight is 344 g/mol. The number of nitrogens with zero attached hydrogens (tertiary/aromatic N) is 2. The molecule has 25 heavy (non-hydrogen) atoms. The summed E-state index contributed by atoms with van der Waals surface area (Å²) in [4.78, 5) is 18.4. The zero-order valence-electron chi connectivity index (χ0n) is 14.5. The fourth-order valence-electron chi connectivity index (χ4n) is 4.07. The summed E-state index contributed by atoms with van der Waals surface area (Å²) in [5, 5.41) is 6.43. The molecule has 2 fully saturated rings. The van der Waals surface area contributed by atoms with Gasteiger partial charge in [-0.3, -0.25) is 9.79 Å². The zero-order valence-corrected chi connectivity index (χ0v) is 14.5. The van der Waals surface area contributed by atoms with Crippen LogP contribution in [0.3, 0.4) is 0 Å². The van der Waals surface area contributed by atoms with Crippen LogP contribution in [0.2, 0.25) is 0 Å². The Kier molecular flexibility index (Phi) is 4.15. The number of nitrogens with one attached hydrogen (secondary N) is 2. The number of aliphatic imine (C=N–C) groups is 1. The Morgan fingerprint density at radius 2 is 2.36 bits per heavy atom. The second-order valence-corrected chi connectivity index (χ2v) is 7.03. The summed E-state index contributed by atoms with van der Waals surface area (Å²) in [6, 6.07) is 5.92. The number of carbonyl (C=O) groups is 1. The predicted molar refractivity (Wildman–Crippen MR) is 93.6 cm³/mol. The van der Waals surface area contributed by atoms with Gasteiger partial charge in [0.1, 0.15) is 0 Å². The third-order valence-corrected chi connectivity index (χ3v) is 5.28. The van der Waals surface area contributed by atoms with Gasteiger partial charge in [0, 0.05) is 50.6 Å². The SMILES string of the molecule is CN=C(NCc1cccc2c1OCO2)N1CCCC2(CNC(=O)C2)C1. The molecule has 1 aromatic carbocycles. The summed E-state index contributed by atoms with van der Waals surface area (Å²) < 4.78 is 11.0. The van der Waals surface area contributed by atoms with Gasteiger partial charge in [0.15, 0.2) is 17.5 Å². The molecule has 0 bridgehead atoms. The van der Waals surface area contributed by atoms with Crippen LogP contribution < -0.4 is 20.1 Å². The number of piperidine rings is 1. The highest BCUT2D eigenvalue weighted by Gasteiger charge is 2.42. The van der Waals surface area contributed by atoms with Gasteiger partial charge >= 0.3 is 0 Å². The standard InChI is InChI=1S/C18H24N4O3/c1-19-17(20-9-13-4-2-5-14-16(13)25-12-24-14)22-7-3-6-18(11-22)8-15(23)21-10-18/h2,4-5H,3,6-12H2,1H3,(H,19,20)(H,21,23). The average Bonchev–Trinajstić information content (AvgIpc) is 3.23. The van der Waals surface area contributed by atoms with E-state index < -0.39 is 0 Å². The third kappa shape index (κ3) is 3.10. The number of benzene rings is 1. The molecule has 2 saturated heterocycles. The smallest absolute Gasteiger partial charge is 0.231 e. The first-order chi connectivity index (χ1) is 12.2. The maximum absolute atomic E-state index is 11.7. The van der Waals surface area contributed by atoms with Crippen molar-refractivity contribution in [2.75, 3.05) is 33.5 Å². The number of fused-ring (bicyclic) bond motifs is 1. The molecule has 1 aromatic rings. The van der Waals surface area contributed by atoms with E-state index in [9.17, 15) is 4.79 Å². The van der Waals surface area contributed by atoms with Crippen molar-refractivity contribution >= 4 is 11.9 Å². The van der Waals surface area contributed by atoms with E-state index in [-0.39, 0.29) is 18.1 Å². The molecule has 0 aromatic heterocycles. The van der Waals surface area contributed by atoms with E-state index in [1.165, 1.54) is 0 Å². The normalized spacial score (nSPS) is 25.4. The molecule has 3 heterocycles. The number of guanidine groups is 1. The van der Waals surface area contributed by atoms with E-state index in [0.29, 0.717) is 13.0 Å². The fraction of sp³-hybridized carbons (Fsp3) is 0.556. The Balaban J connectivity index is 1.43. The summed E-state index contributed by atoms with van der Waals surface area (Å²) in [5.74, 6) is 2.64. The van der Waals surface area contributed by atoms with Crippen LogP contribution in [0.1, 0.15) is 24.8 Å². The van der Waals surface area contributed by atoms with Crippen molar-refractivity contribution in [3.63, 3.8) is 0 Å². The Morgan fingerprint density at radius 1 is 1.44 bits per heavy atom. The van der Waals surface area contributed by atoms with Gasteiger partial charge in [0.25, 0.3) is 0 Å². The summed E-state index contributed by atoms with van der Waals surface area (Å²) in [6.45, 7) is 3.49. The maximum atomic E-state index is 11.7. The quantitative estimate of drug-likeness (QED) is 0.621. The number of rotatable bonds is 2. The van der Waals surface area contributed by atoms with Gasteiger partial charge in [0.2, 0.25) is 12.7 Å². The molecule has 3 aliphatic heterocycles. The monoisotopic (exact) mass is 344 g/mol. The second-order valence-electron chi connectivity index (χ2n) is 7.03. The largest absolute Gasteiger partial charge is 0.454 e.